The maximum absolute atomic E-state index is 6.14. The lowest BCUT2D eigenvalue weighted by Gasteiger charge is -2.15. The summed E-state index contributed by atoms with van der Waals surface area (Å²) in [7, 11) is 0. The maximum atomic E-state index is 6.14. The molecule has 0 saturated carbocycles. The van der Waals surface area contributed by atoms with E-state index in [1.165, 1.54) is 23.5 Å². The van der Waals surface area contributed by atoms with Crippen LogP contribution in [0.1, 0.15) is 31.9 Å². The number of halogens is 1. The zero-order chi connectivity index (χ0) is 11.8. The molecule has 0 aliphatic rings. The predicted octanol–water partition coefficient (Wildman–Crippen LogP) is 4.13. The van der Waals surface area contributed by atoms with E-state index in [2.05, 4.69) is 25.2 Å². The Hall–Kier alpha value is -0.180. The zero-order valence-electron chi connectivity index (χ0n) is 10.0. The predicted molar refractivity (Wildman–Crippen MR) is 75.5 cm³/mol. The van der Waals surface area contributed by atoms with Gasteiger partial charge in [-0.3, -0.25) is 0 Å². The molecular formula is C13H20ClNS. The molecule has 0 radical (unpaired) electrons. The second-order valence-electron chi connectivity index (χ2n) is 3.75. The van der Waals surface area contributed by atoms with Gasteiger partial charge in [0.15, 0.2) is 0 Å². The van der Waals surface area contributed by atoms with E-state index in [-0.39, 0.29) is 0 Å². The summed E-state index contributed by atoms with van der Waals surface area (Å²) in [5.74, 6) is 2.44. The molecule has 1 N–H and O–H groups in total. The van der Waals surface area contributed by atoms with Crippen LogP contribution in [0.4, 0.5) is 0 Å². The Morgan fingerprint density at radius 3 is 2.81 bits per heavy atom. The molecule has 0 aromatic heterocycles. The maximum Gasteiger partial charge on any atom is 0.0453 e. The molecule has 0 spiro atoms. The van der Waals surface area contributed by atoms with Gasteiger partial charge in [0.1, 0.15) is 0 Å². The first-order chi connectivity index (χ1) is 7.75. The highest BCUT2D eigenvalue weighted by Gasteiger charge is 2.07. The summed E-state index contributed by atoms with van der Waals surface area (Å²) in [5.41, 5.74) is 1.19. The third-order valence-corrected chi connectivity index (χ3v) is 3.82. The second-order valence-corrected chi connectivity index (χ2v) is 5.55. The molecule has 0 unspecified atom stereocenters. The van der Waals surface area contributed by atoms with Crippen LogP contribution in [0.5, 0.6) is 0 Å². The topological polar surface area (TPSA) is 12.0 Å². The Labute approximate surface area is 108 Å². The van der Waals surface area contributed by atoms with Gasteiger partial charge in [0, 0.05) is 11.1 Å². The van der Waals surface area contributed by atoms with Gasteiger partial charge < -0.3 is 5.32 Å². The summed E-state index contributed by atoms with van der Waals surface area (Å²) in [5, 5.41) is 4.35. The van der Waals surface area contributed by atoms with Crippen molar-refractivity contribution >= 4 is 23.4 Å². The Balaban J connectivity index is 2.30. The molecule has 0 aliphatic heterocycles. The third kappa shape index (κ3) is 4.77. The van der Waals surface area contributed by atoms with Crippen LogP contribution in [-0.4, -0.2) is 18.1 Å². The van der Waals surface area contributed by atoms with Crippen molar-refractivity contribution in [2.75, 3.05) is 18.1 Å². The highest BCUT2D eigenvalue weighted by atomic mass is 35.5. The molecule has 1 atom stereocenters. The lowest BCUT2D eigenvalue weighted by Crippen LogP contribution is -2.20. The summed E-state index contributed by atoms with van der Waals surface area (Å²) >= 11 is 8.13. The first kappa shape index (κ1) is 13.9. The number of rotatable bonds is 7. The molecule has 0 heterocycles. The fraction of sp³-hybridized carbons (Fsp3) is 0.538. The average Bonchev–Trinajstić information content (AvgIpc) is 2.29. The van der Waals surface area contributed by atoms with E-state index in [9.17, 15) is 0 Å². The molecule has 90 valence electrons. The van der Waals surface area contributed by atoms with Crippen molar-refractivity contribution in [1.29, 1.82) is 0 Å². The van der Waals surface area contributed by atoms with E-state index in [0.717, 1.165) is 11.6 Å². The van der Waals surface area contributed by atoms with Crippen molar-refractivity contribution < 1.29 is 0 Å². The van der Waals surface area contributed by atoms with Gasteiger partial charge in [0.25, 0.3) is 0 Å². The third-order valence-electron chi connectivity index (χ3n) is 2.49. The van der Waals surface area contributed by atoms with Crippen LogP contribution in [0.25, 0.3) is 0 Å². The molecule has 3 heteroatoms. The van der Waals surface area contributed by atoms with Gasteiger partial charge in [0.2, 0.25) is 0 Å². The number of hydrogen-bond acceptors (Lipinski definition) is 2. The van der Waals surface area contributed by atoms with Gasteiger partial charge in [-0.1, -0.05) is 36.7 Å². The van der Waals surface area contributed by atoms with Gasteiger partial charge in [0.05, 0.1) is 0 Å². The van der Waals surface area contributed by atoms with Crippen LogP contribution in [0.2, 0.25) is 5.02 Å². The van der Waals surface area contributed by atoms with E-state index >= 15 is 0 Å². The highest BCUT2D eigenvalue weighted by Crippen LogP contribution is 2.21. The molecule has 1 aromatic rings. The Morgan fingerprint density at radius 2 is 2.12 bits per heavy atom. The Morgan fingerprint density at radius 1 is 1.38 bits per heavy atom. The monoisotopic (exact) mass is 257 g/mol. The van der Waals surface area contributed by atoms with Crippen LogP contribution in [-0.2, 0) is 0 Å². The van der Waals surface area contributed by atoms with E-state index < -0.39 is 0 Å². The molecule has 0 fully saturated rings. The standard InChI is InChI=1S/C13H20ClNS/c1-3-16-10-6-9-15-11(2)12-7-4-5-8-13(12)14/h4-5,7-8,11,15H,3,6,9-10H2,1-2H3/t11-/m1/s1. The van der Waals surface area contributed by atoms with E-state index in [1.807, 2.05) is 30.0 Å². The fourth-order valence-corrected chi connectivity index (χ4v) is 2.51. The molecule has 1 rings (SSSR count). The van der Waals surface area contributed by atoms with Gasteiger partial charge in [-0.15, -0.1) is 0 Å². The molecule has 1 nitrogen and oxygen atoms in total. The lowest BCUT2D eigenvalue weighted by atomic mass is 10.1. The van der Waals surface area contributed by atoms with Crippen molar-refractivity contribution in [3.63, 3.8) is 0 Å². The normalized spacial score (nSPS) is 12.7. The van der Waals surface area contributed by atoms with Crippen LogP contribution >= 0.6 is 23.4 Å². The largest absolute Gasteiger partial charge is 0.310 e. The second kappa shape index (κ2) is 7.99. The first-order valence-electron chi connectivity index (χ1n) is 5.81. The van der Waals surface area contributed by atoms with Gasteiger partial charge >= 0.3 is 0 Å². The zero-order valence-corrected chi connectivity index (χ0v) is 11.6. The molecule has 0 amide bonds. The van der Waals surface area contributed by atoms with E-state index in [1.54, 1.807) is 0 Å². The highest BCUT2D eigenvalue weighted by molar-refractivity contribution is 7.99. The summed E-state index contributed by atoms with van der Waals surface area (Å²) in [6, 6.07) is 8.37. The molecule has 0 aliphatic carbocycles. The molecular weight excluding hydrogens is 238 g/mol. The number of thioether (sulfide) groups is 1. The molecule has 1 aromatic carbocycles. The minimum atomic E-state index is 0.334. The fourth-order valence-electron chi connectivity index (χ4n) is 1.57. The van der Waals surface area contributed by atoms with E-state index in [0.29, 0.717) is 6.04 Å². The van der Waals surface area contributed by atoms with Crippen LogP contribution in [0, 0.1) is 0 Å². The average molecular weight is 258 g/mol. The molecule has 0 bridgehead atoms. The molecule has 0 saturated heterocycles. The first-order valence-corrected chi connectivity index (χ1v) is 7.34. The number of hydrogen-bond donors (Lipinski definition) is 1. The van der Waals surface area contributed by atoms with Gasteiger partial charge in [-0.05, 0) is 43.0 Å². The summed E-state index contributed by atoms with van der Waals surface area (Å²) in [6.45, 7) is 5.41. The smallest absolute Gasteiger partial charge is 0.0453 e. The van der Waals surface area contributed by atoms with Crippen molar-refractivity contribution in [3.05, 3.63) is 34.9 Å². The van der Waals surface area contributed by atoms with Crippen LogP contribution in [0.3, 0.4) is 0 Å². The number of benzene rings is 1. The Bertz CT molecular complexity index is 304. The van der Waals surface area contributed by atoms with Crippen molar-refractivity contribution in [1.82, 2.24) is 5.32 Å². The van der Waals surface area contributed by atoms with Gasteiger partial charge in [-0.2, -0.15) is 11.8 Å². The van der Waals surface area contributed by atoms with Gasteiger partial charge in [-0.25, -0.2) is 0 Å². The quantitative estimate of drug-likeness (QED) is 0.737. The van der Waals surface area contributed by atoms with Crippen LogP contribution in [0.15, 0.2) is 24.3 Å². The van der Waals surface area contributed by atoms with Crippen molar-refractivity contribution in [3.8, 4) is 0 Å². The SMILES string of the molecule is CCSCCCN[C@H](C)c1ccccc1Cl. The Kier molecular flexibility index (Phi) is 6.93. The lowest BCUT2D eigenvalue weighted by molar-refractivity contribution is 0.572. The molecule has 16 heavy (non-hydrogen) atoms. The summed E-state index contributed by atoms with van der Waals surface area (Å²) in [6.07, 6.45) is 1.22. The summed E-state index contributed by atoms with van der Waals surface area (Å²) < 4.78 is 0. The van der Waals surface area contributed by atoms with Crippen molar-refractivity contribution in [2.24, 2.45) is 0 Å². The van der Waals surface area contributed by atoms with Crippen LogP contribution < -0.4 is 5.32 Å². The minimum absolute atomic E-state index is 0.334. The minimum Gasteiger partial charge on any atom is -0.310 e. The van der Waals surface area contributed by atoms with Crippen molar-refractivity contribution in [2.45, 2.75) is 26.3 Å². The van der Waals surface area contributed by atoms with E-state index in [4.69, 9.17) is 11.6 Å². The summed E-state index contributed by atoms with van der Waals surface area (Å²) in [4.78, 5) is 0. The number of nitrogens with one attached hydrogen (secondary N) is 1.